The quantitative estimate of drug-likeness (QED) is 0.862. The van der Waals surface area contributed by atoms with E-state index >= 15 is 0 Å². The van der Waals surface area contributed by atoms with Gasteiger partial charge in [0.15, 0.2) is 0 Å². The van der Waals surface area contributed by atoms with Crippen molar-refractivity contribution in [3.05, 3.63) is 28.6 Å². The van der Waals surface area contributed by atoms with E-state index in [-0.39, 0.29) is 12.1 Å². The second kappa shape index (κ2) is 4.25. The van der Waals surface area contributed by atoms with Crippen molar-refractivity contribution < 1.29 is 9.53 Å². The summed E-state index contributed by atoms with van der Waals surface area (Å²) < 4.78 is 5.93. The van der Waals surface area contributed by atoms with Crippen LogP contribution >= 0.6 is 15.9 Å². The van der Waals surface area contributed by atoms with Crippen molar-refractivity contribution in [3.8, 4) is 0 Å². The molecule has 0 aliphatic rings. The van der Waals surface area contributed by atoms with E-state index in [0.29, 0.717) is 5.69 Å². The number of nitrogens with zero attached hydrogens (tertiary/aromatic N) is 1. The first kappa shape index (κ1) is 11.1. The predicted octanol–water partition coefficient (Wildman–Crippen LogP) is 2.89. The average molecular weight is 283 g/mol. The Kier molecular flexibility index (Phi) is 2.96. The van der Waals surface area contributed by atoms with E-state index in [0.717, 1.165) is 15.4 Å². The molecule has 1 N–H and O–H groups in total. The molecule has 2 aromatic rings. The zero-order valence-corrected chi connectivity index (χ0v) is 10.5. The van der Waals surface area contributed by atoms with Crippen molar-refractivity contribution in [2.75, 3.05) is 0 Å². The molecule has 84 valence electrons. The van der Waals surface area contributed by atoms with Gasteiger partial charge in [0.05, 0.1) is 16.1 Å². The number of hydrogen-bond donors (Lipinski definition) is 1. The lowest BCUT2D eigenvalue weighted by Crippen LogP contribution is -2.11. The summed E-state index contributed by atoms with van der Waals surface area (Å²) >= 11 is 3.36. The number of H-pyrrole nitrogens is 1. The minimum Gasteiger partial charge on any atom is -0.458 e. The van der Waals surface area contributed by atoms with Crippen LogP contribution in [0, 0.1) is 0 Å². The first-order chi connectivity index (χ1) is 7.58. The van der Waals surface area contributed by atoms with E-state index in [1.807, 2.05) is 13.8 Å². The molecule has 0 saturated carbocycles. The molecule has 0 spiro atoms. The Hall–Kier alpha value is -1.36. The highest BCUT2D eigenvalue weighted by Gasteiger charge is 2.13. The highest BCUT2D eigenvalue weighted by Crippen LogP contribution is 2.22. The summed E-state index contributed by atoms with van der Waals surface area (Å²) in [5, 5.41) is 0.880. The van der Waals surface area contributed by atoms with Crippen molar-refractivity contribution in [2.24, 2.45) is 0 Å². The topological polar surface area (TPSA) is 55.0 Å². The third kappa shape index (κ3) is 2.09. The van der Waals surface area contributed by atoms with Crippen molar-refractivity contribution in [2.45, 2.75) is 20.0 Å². The smallest absolute Gasteiger partial charge is 0.355 e. The monoisotopic (exact) mass is 282 g/mol. The summed E-state index contributed by atoms with van der Waals surface area (Å²) in [6.45, 7) is 3.63. The maximum Gasteiger partial charge on any atom is 0.355 e. The van der Waals surface area contributed by atoms with Crippen LogP contribution in [0.1, 0.15) is 24.3 Å². The van der Waals surface area contributed by atoms with Gasteiger partial charge in [-0.3, -0.25) is 4.98 Å². The van der Waals surface area contributed by atoms with Gasteiger partial charge in [-0.2, -0.15) is 0 Å². The van der Waals surface area contributed by atoms with Crippen molar-refractivity contribution in [3.63, 3.8) is 0 Å². The maximum absolute atomic E-state index is 11.6. The Morgan fingerprint density at radius 2 is 2.25 bits per heavy atom. The van der Waals surface area contributed by atoms with E-state index in [1.165, 1.54) is 0 Å². The lowest BCUT2D eigenvalue weighted by molar-refractivity contribution is 0.0372. The molecule has 0 radical (unpaired) electrons. The molecule has 0 bridgehead atoms. The van der Waals surface area contributed by atoms with Crippen LogP contribution in [0.15, 0.2) is 22.9 Å². The van der Waals surface area contributed by atoms with Crippen LogP contribution in [0.2, 0.25) is 0 Å². The number of aromatic amines is 1. The van der Waals surface area contributed by atoms with Crippen LogP contribution in [0.5, 0.6) is 0 Å². The number of fused-ring (bicyclic) bond motifs is 1. The van der Waals surface area contributed by atoms with Crippen molar-refractivity contribution >= 4 is 32.8 Å². The first-order valence-corrected chi connectivity index (χ1v) is 5.70. The predicted molar refractivity (Wildman–Crippen MR) is 64.3 cm³/mol. The van der Waals surface area contributed by atoms with Crippen LogP contribution in [0.25, 0.3) is 10.9 Å². The van der Waals surface area contributed by atoms with Gasteiger partial charge in [-0.1, -0.05) is 0 Å². The molecule has 0 fully saturated rings. The van der Waals surface area contributed by atoms with Crippen LogP contribution in [-0.4, -0.2) is 22.0 Å². The zero-order valence-electron chi connectivity index (χ0n) is 8.95. The highest BCUT2D eigenvalue weighted by atomic mass is 79.9. The molecule has 2 rings (SSSR count). The van der Waals surface area contributed by atoms with Crippen LogP contribution in [0.3, 0.4) is 0 Å². The van der Waals surface area contributed by atoms with Crippen LogP contribution < -0.4 is 0 Å². The number of ether oxygens (including phenoxy) is 1. The van der Waals surface area contributed by atoms with E-state index < -0.39 is 0 Å². The molecule has 2 aromatic heterocycles. The molecular formula is C11H11BrN2O2. The van der Waals surface area contributed by atoms with Gasteiger partial charge in [-0.15, -0.1) is 0 Å². The Balaban J connectivity index is 2.40. The molecule has 16 heavy (non-hydrogen) atoms. The molecule has 0 amide bonds. The van der Waals surface area contributed by atoms with E-state index in [2.05, 4.69) is 25.9 Å². The number of carbonyl (C=O) groups excluding carboxylic acids is 1. The Labute approximate surface area is 101 Å². The minimum atomic E-state index is -0.349. The lowest BCUT2D eigenvalue weighted by atomic mass is 10.3. The molecule has 4 nitrogen and oxygen atoms in total. The summed E-state index contributed by atoms with van der Waals surface area (Å²) in [4.78, 5) is 18.7. The SMILES string of the molecule is CC(C)OC(=O)c1cc2cncc(Br)c2[nH]1. The Morgan fingerprint density at radius 1 is 1.50 bits per heavy atom. The standard InChI is InChI=1S/C11H11BrN2O2/c1-6(2)16-11(15)9-3-7-4-13-5-8(12)10(7)14-9/h3-6,14H,1-2H3. The Morgan fingerprint density at radius 3 is 2.88 bits per heavy atom. The van der Waals surface area contributed by atoms with Crippen molar-refractivity contribution in [1.82, 2.24) is 9.97 Å². The van der Waals surface area contributed by atoms with E-state index in [1.54, 1.807) is 18.5 Å². The van der Waals surface area contributed by atoms with Gasteiger partial charge in [0.2, 0.25) is 0 Å². The number of carbonyl (C=O) groups is 1. The van der Waals surface area contributed by atoms with Gasteiger partial charge < -0.3 is 9.72 Å². The molecule has 2 heterocycles. The zero-order chi connectivity index (χ0) is 11.7. The summed E-state index contributed by atoms with van der Waals surface area (Å²) in [6.07, 6.45) is 3.25. The number of hydrogen-bond acceptors (Lipinski definition) is 3. The second-order valence-corrected chi connectivity index (χ2v) is 4.58. The lowest BCUT2D eigenvalue weighted by Gasteiger charge is -2.05. The largest absolute Gasteiger partial charge is 0.458 e. The summed E-state index contributed by atoms with van der Waals surface area (Å²) in [5.74, 6) is -0.349. The molecule has 5 heteroatoms. The normalized spacial score (nSPS) is 11.0. The minimum absolute atomic E-state index is 0.125. The molecule has 0 aliphatic carbocycles. The molecular weight excluding hydrogens is 272 g/mol. The molecule has 0 atom stereocenters. The fourth-order valence-electron chi connectivity index (χ4n) is 1.41. The maximum atomic E-state index is 11.6. The number of pyridine rings is 1. The van der Waals surface area contributed by atoms with Gasteiger partial charge in [0.25, 0.3) is 0 Å². The number of rotatable bonds is 2. The van der Waals surface area contributed by atoms with Crippen molar-refractivity contribution in [1.29, 1.82) is 0 Å². The fourth-order valence-corrected chi connectivity index (χ4v) is 1.85. The number of esters is 1. The highest BCUT2D eigenvalue weighted by molar-refractivity contribution is 9.10. The number of halogens is 1. The van der Waals surface area contributed by atoms with Gasteiger partial charge in [0, 0.05) is 17.8 Å². The number of aromatic nitrogens is 2. The molecule has 0 aliphatic heterocycles. The molecule has 0 saturated heterocycles. The molecule has 0 unspecified atom stereocenters. The second-order valence-electron chi connectivity index (χ2n) is 3.72. The Bertz CT molecular complexity index is 534. The summed E-state index contributed by atoms with van der Waals surface area (Å²) in [5.41, 5.74) is 1.29. The van der Waals surface area contributed by atoms with E-state index in [9.17, 15) is 4.79 Å². The number of nitrogens with one attached hydrogen (secondary N) is 1. The third-order valence-electron chi connectivity index (χ3n) is 2.05. The van der Waals surface area contributed by atoms with Gasteiger partial charge >= 0.3 is 5.97 Å². The summed E-state index contributed by atoms with van der Waals surface area (Å²) in [6, 6.07) is 1.73. The van der Waals surface area contributed by atoms with Crippen LogP contribution in [0.4, 0.5) is 0 Å². The summed E-state index contributed by atoms with van der Waals surface area (Å²) in [7, 11) is 0. The first-order valence-electron chi connectivity index (χ1n) is 4.91. The van der Waals surface area contributed by atoms with Gasteiger partial charge in [-0.05, 0) is 35.8 Å². The third-order valence-corrected chi connectivity index (χ3v) is 2.65. The average Bonchev–Trinajstić information content (AvgIpc) is 2.61. The fraction of sp³-hybridized carbons (Fsp3) is 0.273. The van der Waals surface area contributed by atoms with E-state index in [4.69, 9.17) is 4.74 Å². The molecule has 0 aromatic carbocycles. The van der Waals surface area contributed by atoms with Crippen LogP contribution in [-0.2, 0) is 4.74 Å². The van der Waals surface area contributed by atoms with Gasteiger partial charge in [-0.25, -0.2) is 4.79 Å². The van der Waals surface area contributed by atoms with Gasteiger partial charge in [0.1, 0.15) is 5.69 Å².